The van der Waals surface area contributed by atoms with Crippen LogP contribution in [-0.4, -0.2) is 41.7 Å². The third-order valence-corrected chi connectivity index (χ3v) is 3.61. The molecule has 1 rings (SSSR count). The van der Waals surface area contributed by atoms with E-state index in [1.807, 2.05) is 0 Å². The van der Waals surface area contributed by atoms with E-state index in [1.165, 1.54) is 11.1 Å². The van der Waals surface area contributed by atoms with Crippen molar-refractivity contribution >= 4 is 22.6 Å². The lowest BCUT2D eigenvalue weighted by Gasteiger charge is -2.33. The predicted octanol–water partition coefficient (Wildman–Crippen LogP) is 3.42. The zero-order valence-corrected chi connectivity index (χ0v) is 13.4. The van der Waals surface area contributed by atoms with Crippen LogP contribution in [0.5, 0.6) is 0 Å². The number of nitrogens with zero attached hydrogens (tertiary/aromatic N) is 1. The van der Waals surface area contributed by atoms with Crippen LogP contribution in [0.3, 0.4) is 0 Å². The normalized spacial score (nSPS) is 24.1. The Balaban J connectivity index is 2.36. The summed E-state index contributed by atoms with van der Waals surface area (Å²) in [5.74, 6) is 0. The van der Waals surface area contributed by atoms with Gasteiger partial charge in [0.15, 0.2) is 0 Å². The minimum Gasteiger partial charge on any atom is -0.379 e. The molecule has 0 amide bonds. The molecule has 1 aliphatic rings. The highest BCUT2D eigenvalue weighted by Gasteiger charge is 2.17. The smallest absolute Gasteiger partial charge is 0.0619 e. The summed E-state index contributed by atoms with van der Waals surface area (Å²) in [5.41, 5.74) is 2.86. The van der Waals surface area contributed by atoms with Crippen molar-refractivity contribution < 1.29 is 4.74 Å². The number of hydrogen-bond acceptors (Lipinski definition) is 2. The summed E-state index contributed by atoms with van der Waals surface area (Å²) in [4.78, 5) is 2.53. The largest absolute Gasteiger partial charge is 0.379 e. The number of morpholine rings is 1. The minimum absolute atomic E-state index is 0.572. The maximum Gasteiger partial charge on any atom is 0.0619 e. The van der Waals surface area contributed by atoms with Crippen molar-refractivity contribution in [2.75, 3.05) is 30.7 Å². The fraction of sp³-hybridized carbons (Fsp3) is 0.714. The summed E-state index contributed by atoms with van der Waals surface area (Å²) in [6.07, 6.45) is 5.74. The Morgan fingerprint density at radius 3 is 2.88 bits per heavy atom. The highest BCUT2D eigenvalue weighted by molar-refractivity contribution is 14.1. The van der Waals surface area contributed by atoms with Crippen LogP contribution in [0.25, 0.3) is 0 Å². The molecular formula is C14H24INO. The van der Waals surface area contributed by atoms with Crippen molar-refractivity contribution in [3.05, 3.63) is 23.3 Å². The summed E-state index contributed by atoms with van der Waals surface area (Å²) in [7, 11) is 0. The summed E-state index contributed by atoms with van der Waals surface area (Å²) in [5, 5.41) is 0. The molecule has 17 heavy (non-hydrogen) atoms. The van der Waals surface area contributed by atoms with E-state index in [0.29, 0.717) is 6.04 Å². The predicted molar refractivity (Wildman–Crippen MR) is 82.9 cm³/mol. The van der Waals surface area contributed by atoms with Gasteiger partial charge in [-0.05, 0) is 27.2 Å². The second-order valence-corrected chi connectivity index (χ2v) is 5.68. The van der Waals surface area contributed by atoms with Gasteiger partial charge in [0.1, 0.15) is 0 Å². The number of allylic oxidation sites excluding steroid dienone is 3. The maximum absolute atomic E-state index is 5.45. The molecule has 1 aliphatic heterocycles. The van der Waals surface area contributed by atoms with Gasteiger partial charge in [-0.1, -0.05) is 45.9 Å². The fourth-order valence-corrected chi connectivity index (χ4v) is 2.75. The second-order valence-electron chi connectivity index (χ2n) is 4.80. The Labute approximate surface area is 119 Å². The van der Waals surface area contributed by atoms with Crippen molar-refractivity contribution in [2.24, 2.45) is 0 Å². The molecule has 3 heteroatoms. The molecule has 0 N–H and O–H groups in total. The first-order chi connectivity index (χ1) is 8.13. The van der Waals surface area contributed by atoms with E-state index in [1.54, 1.807) is 0 Å². The summed E-state index contributed by atoms with van der Waals surface area (Å²) >= 11 is 2.38. The van der Waals surface area contributed by atoms with Crippen LogP contribution in [0.15, 0.2) is 23.3 Å². The van der Waals surface area contributed by atoms with Gasteiger partial charge in [0.05, 0.1) is 13.2 Å². The Hall–Kier alpha value is 0.130. The molecule has 98 valence electrons. The van der Waals surface area contributed by atoms with Gasteiger partial charge in [0.25, 0.3) is 0 Å². The van der Waals surface area contributed by atoms with Crippen LogP contribution in [0.4, 0.5) is 0 Å². The van der Waals surface area contributed by atoms with Crippen LogP contribution in [0.1, 0.15) is 27.2 Å². The molecule has 1 atom stereocenters. The second kappa shape index (κ2) is 8.27. The van der Waals surface area contributed by atoms with Crippen molar-refractivity contribution in [3.63, 3.8) is 0 Å². The van der Waals surface area contributed by atoms with Crippen molar-refractivity contribution in [1.82, 2.24) is 4.90 Å². The van der Waals surface area contributed by atoms with E-state index < -0.39 is 0 Å². The molecule has 0 spiro atoms. The SMILES string of the molecule is CC(=C/CI)/C=C(\C)CCN1CCOCC1C. The van der Waals surface area contributed by atoms with E-state index in [0.717, 1.165) is 37.2 Å². The number of rotatable bonds is 5. The maximum atomic E-state index is 5.45. The number of alkyl halides is 1. The third kappa shape index (κ3) is 6.02. The van der Waals surface area contributed by atoms with Crippen LogP contribution in [-0.2, 0) is 4.74 Å². The minimum atomic E-state index is 0.572. The number of halogens is 1. The number of ether oxygens (including phenoxy) is 1. The first kappa shape index (κ1) is 15.2. The lowest BCUT2D eigenvalue weighted by molar-refractivity contribution is 0.000371. The first-order valence-corrected chi connectivity index (χ1v) is 7.87. The molecular weight excluding hydrogens is 325 g/mol. The van der Waals surface area contributed by atoms with Crippen LogP contribution >= 0.6 is 22.6 Å². The summed E-state index contributed by atoms with van der Waals surface area (Å²) in [6, 6.07) is 0.572. The molecule has 0 aromatic rings. The fourth-order valence-electron chi connectivity index (χ4n) is 2.06. The number of hydrogen-bond donors (Lipinski definition) is 0. The van der Waals surface area contributed by atoms with Crippen molar-refractivity contribution in [2.45, 2.75) is 33.2 Å². The Morgan fingerprint density at radius 1 is 1.47 bits per heavy atom. The molecule has 0 bridgehead atoms. The molecule has 1 saturated heterocycles. The van der Waals surface area contributed by atoms with Crippen LogP contribution in [0, 0.1) is 0 Å². The molecule has 1 fully saturated rings. The molecule has 0 radical (unpaired) electrons. The molecule has 0 saturated carbocycles. The van der Waals surface area contributed by atoms with E-state index in [4.69, 9.17) is 4.74 Å². The average Bonchev–Trinajstić information content (AvgIpc) is 2.28. The monoisotopic (exact) mass is 349 g/mol. The first-order valence-electron chi connectivity index (χ1n) is 6.35. The zero-order chi connectivity index (χ0) is 12.7. The van der Waals surface area contributed by atoms with Gasteiger partial charge in [0.2, 0.25) is 0 Å². The Bertz CT molecular complexity index is 286. The van der Waals surface area contributed by atoms with E-state index in [9.17, 15) is 0 Å². The summed E-state index contributed by atoms with van der Waals surface area (Å²) in [6.45, 7) is 10.7. The third-order valence-electron chi connectivity index (χ3n) is 3.17. The lowest BCUT2D eigenvalue weighted by atomic mass is 10.1. The highest BCUT2D eigenvalue weighted by atomic mass is 127. The summed E-state index contributed by atoms with van der Waals surface area (Å²) < 4.78 is 6.54. The highest BCUT2D eigenvalue weighted by Crippen LogP contribution is 2.11. The van der Waals surface area contributed by atoms with Crippen LogP contribution < -0.4 is 0 Å². The average molecular weight is 349 g/mol. The lowest BCUT2D eigenvalue weighted by Crippen LogP contribution is -2.43. The topological polar surface area (TPSA) is 12.5 Å². The van der Waals surface area contributed by atoms with E-state index >= 15 is 0 Å². The van der Waals surface area contributed by atoms with Gasteiger partial charge in [-0.25, -0.2) is 0 Å². The Kier molecular flexibility index (Phi) is 7.39. The van der Waals surface area contributed by atoms with Gasteiger partial charge >= 0.3 is 0 Å². The standard InChI is InChI=1S/C14H24INO/c1-12(4-6-15)10-13(2)5-7-16-8-9-17-11-14(16)3/h4,10,14H,5-9,11H2,1-3H3/b12-4-,13-10+. The molecule has 1 unspecified atom stereocenters. The molecule has 0 aromatic carbocycles. The quantitative estimate of drug-likeness (QED) is 0.428. The molecule has 1 heterocycles. The van der Waals surface area contributed by atoms with Gasteiger partial charge in [-0.3, -0.25) is 4.90 Å². The molecule has 0 aromatic heterocycles. The van der Waals surface area contributed by atoms with Gasteiger partial charge in [0, 0.05) is 23.6 Å². The van der Waals surface area contributed by atoms with Gasteiger partial charge in [-0.15, -0.1) is 0 Å². The zero-order valence-electron chi connectivity index (χ0n) is 11.2. The van der Waals surface area contributed by atoms with Gasteiger partial charge in [-0.2, -0.15) is 0 Å². The van der Waals surface area contributed by atoms with E-state index in [-0.39, 0.29) is 0 Å². The van der Waals surface area contributed by atoms with Crippen molar-refractivity contribution in [3.8, 4) is 0 Å². The molecule has 2 nitrogen and oxygen atoms in total. The van der Waals surface area contributed by atoms with E-state index in [2.05, 4.69) is 60.4 Å². The van der Waals surface area contributed by atoms with Crippen molar-refractivity contribution in [1.29, 1.82) is 0 Å². The van der Waals surface area contributed by atoms with Gasteiger partial charge < -0.3 is 4.74 Å². The Morgan fingerprint density at radius 2 is 2.24 bits per heavy atom. The van der Waals surface area contributed by atoms with Crippen LogP contribution in [0.2, 0.25) is 0 Å². The molecule has 0 aliphatic carbocycles.